The molecule has 1 N–H and O–H groups in total. The second kappa shape index (κ2) is 7.05. The molecule has 1 saturated heterocycles. The third-order valence-corrected chi connectivity index (χ3v) is 7.66. The van der Waals surface area contributed by atoms with E-state index in [1.165, 1.54) is 5.56 Å². The Balaban J connectivity index is 1.43. The Morgan fingerprint density at radius 1 is 1.22 bits per heavy atom. The standard InChI is InChI=1S/C20H20N2O3S2/c1-13-2-7-17-18(10-13)26-20(22-17)15-3-5-16(6-4-15)21-19(23)11-14-8-9-27(24,25)12-14/h2-7,10,14H,8-9,11-12H2,1H3,(H,21,23). The van der Waals surface area contributed by atoms with E-state index in [4.69, 9.17) is 0 Å². The van der Waals surface area contributed by atoms with Crippen molar-refractivity contribution >= 4 is 43.0 Å². The predicted octanol–water partition coefficient (Wildman–Crippen LogP) is 4.04. The van der Waals surface area contributed by atoms with Crippen LogP contribution in [0.5, 0.6) is 0 Å². The van der Waals surface area contributed by atoms with Crippen molar-refractivity contribution in [3.05, 3.63) is 48.0 Å². The predicted molar refractivity (Wildman–Crippen MR) is 110 cm³/mol. The molecule has 0 spiro atoms. The van der Waals surface area contributed by atoms with Crippen LogP contribution in [0.2, 0.25) is 0 Å². The van der Waals surface area contributed by atoms with E-state index < -0.39 is 9.84 Å². The van der Waals surface area contributed by atoms with E-state index >= 15 is 0 Å². The van der Waals surface area contributed by atoms with E-state index in [0.29, 0.717) is 12.1 Å². The minimum Gasteiger partial charge on any atom is -0.326 e. The summed E-state index contributed by atoms with van der Waals surface area (Å²) in [6, 6.07) is 13.8. The number of benzene rings is 2. The van der Waals surface area contributed by atoms with Crippen LogP contribution in [0.25, 0.3) is 20.8 Å². The molecule has 5 nitrogen and oxygen atoms in total. The monoisotopic (exact) mass is 400 g/mol. The summed E-state index contributed by atoms with van der Waals surface area (Å²) >= 11 is 1.65. The molecule has 0 radical (unpaired) electrons. The van der Waals surface area contributed by atoms with Gasteiger partial charge in [0.15, 0.2) is 9.84 Å². The minimum atomic E-state index is -2.95. The summed E-state index contributed by atoms with van der Waals surface area (Å²) < 4.78 is 24.2. The van der Waals surface area contributed by atoms with Gasteiger partial charge in [0.05, 0.1) is 21.7 Å². The Labute approximate surface area is 162 Å². The van der Waals surface area contributed by atoms with Crippen LogP contribution in [-0.2, 0) is 14.6 Å². The van der Waals surface area contributed by atoms with Crippen molar-refractivity contribution in [2.24, 2.45) is 5.92 Å². The van der Waals surface area contributed by atoms with Crippen LogP contribution >= 0.6 is 11.3 Å². The molecular formula is C20H20N2O3S2. The zero-order valence-corrected chi connectivity index (χ0v) is 16.6. The molecule has 0 saturated carbocycles. The van der Waals surface area contributed by atoms with Gasteiger partial charge in [-0.2, -0.15) is 0 Å². The highest BCUT2D eigenvalue weighted by molar-refractivity contribution is 7.91. The van der Waals surface area contributed by atoms with Crippen LogP contribution < -0.4 is 5.32 Å². The fourth-order valence-corrected chi connectivity index (χ4v) is 6.29. The summed E-state index contributed by atoms with van der Waals surface area (Å²) in [5, 5.41) is 3.81. The van der Waals surface area contributed by atoms with E-state index in [1.807, 2.05) is 30.3 Å². The van der Waals surface area contributed by atoms with Crippen LogP contribution in [0.3, 0.4) is 0 Å². The first kappa shape index (κ1) is 18.1. The third-order valence-electron chi connectivity index (χ3n) is 4.76. The first-order chi connectivity index (χ1) is 12.9. The molecule has 3 aromatic rings. The van der Waals surface area contributed by atoms with Gasteiger partial charge in [0.2, 0.25) is 5.91 Å². The zero-order chi connectivity index (χ0) is 19.0. The number of aromatic nitrogens is 1. The number of carbonyl (C=O) groups excluding carboxylic acids is 1. The average Bonchev–Trinajstić information content (AvgIpc) is 3.17. The molecule has 1 atom stereocenters. The van der Waals surface area contributed by atoms with Gasteiger partial charge in [0, 0.05) is 17.7 Å². The maximum atomic E-state index is 12.2. The minimum absolute atomic E-state index is 0.0690. The number of anilines is 1. The van der Waals surface area contributed by atoms with E-state index in [1.54, 1.807) is 11.3 Å². The average molecular weight is 401 g/mol. The Bertz CT molecular complexity index is 1100. The first-order valence-corrected chi connectivity index (χ1v) is 11.5. The number of carbonyl (C=O) groups is 1. The molecule has 1 fully saturated rings. The maximum absolute atomic E-state index is 12.2. The highest BCUT2D eigenvalue weighted by atomic mass is 32.2. The summed E-state index contributed by atoms with van der Waals surface area (Å²) in [5.74, 6) is 0.110. The number of hydrogen-bond donors (Lipinski definition) is 1. The van der Waals surface area contributed by atoms with Gasteiger partial charge in [-0.25, -0.2) is 13.4 Å². The fourth-order valence-electron chi connectivity index (χ4n) is 3.36. The largest absolute Gasteiger partial charge is 0.326 e. The van der Waals surface area contributed by atoms with Crippen molar-refractivity contribution in [2.45, 2.75) is 19.8 Å². The second-order valence-electron chi connectivity index (χ2n) is 7.09. The summed E-state index contributed by atoms with van der Waals surface area (Å²) in [6.45, 7) is 2.07. The van der Waals surface area contributed by atoms with Crippen LogP contribution in [-0.4, -0.2) is 30.8 Å². The van der Waals surface area contributed by atoms with Crippen molar-refractivity contribution < 1.29 is 13.2 Å². The Morgan fingerprint density at radius 3 is 2.70 bits per heavy atom. The summed E-state index contributed by atoms with van der Waals surface area (Å²) in [7, 11) is -2.95. The lowest BCUT2D eigenvalue weighted by atomic mass is 10.0. The van der Waals surface area contributed by atoms with E-state index in [-0.39, 0.29) is 29.8 Å². The molecule has 0 aliphatic carbocycles. The van der Waals surface area contributed by atoms with Crippen molar-refractivity contribution in [3.63, 3.8) is 0 Å². The summed E-state index contributed by atoms with van der Waals surface area (Å²) in [6.07, 6.45) is 0.823. The van der Waals surface area contributed by atoms with Gasteiger partial charge in [-0.05, 0) is 61.2 Å². The number of rotatable bonds is 4. The number of amides is 1. The molecule has 7 heteroatoms. The molecule has 1 amide bonds. The smallest absolute Gasteiger partial charge is 0.224 e. The van der Waals surface area contributed by atoms with Crippen molar-refractivity contribution in [3.8, 4) is 10.6 Å². The molecule has 2 heterocycles. The quantitative estimate of drug-likeness (QED) is 0.717. The van der Waals surface area contributed by atoms with E-state index in [2.05, 4.69) is 29.4 Å². The van der Waals surface area contributed by atoms with Gasteiger partial charge in [-0.3, -0.25) is 4.79 Å². The highest BCUT2D eigenvalue weighted by Crippen LogP contribution is 2.31. The molecule has 1 aliphatic heterocycles. The number of sulfone groups is 1. The van der Waals surface area contributed by atoms with Crippen molar-refractivity contribution in [1.82, 2.24) is 4.98 Å². The molecule has 1 aliphatic rings. The first-order valence-electron chi connectivity index (χ1n) is 8.86. The molecule has 1 aromatic heterocycles. The normalized spacial score (nSPS) is 18.6. The number of nitrogens with one attached hydrogen (secondary N) is 1. The van der Waals surface area contributed by atoms with Crippen molar-refractivity contribution in [1.29, 1.82) is 0 Å². The van der Waals surface area contributed by atoms with Gasteiger partial charge < -0.3 is 5.32 Å². The van der Waals surface area contributed by atoms with Gasteiger partial charge >= 0.3 is 0 Å². The molecular weight excluding hydrogens is 380 g/mol. The number of fused-ring (bicyclic) bond motifs is 1. The van der Waals surface area contributed by atoms with Gasteiger partial charge in [-0.15, -0.1) is 11.3 Å². The van der Waals surface area contributed by atoms with E-state index in [9.17, 15) is 13.2 Å². The lowest BCUT2D eigenvalue weighted by Gasteiger charge is -2.09. The zero-order valence-electron chi connectivity index (χ0n) is 14.9. The molecule has 4 rings (SSSR count). The van der Waals surface area contributed by atoms with Gasteiger partial charge in [0.1, 0.15) is 5.01 Å². The topological polar surface area (TPSA) is 76.1 Å². The number of nitrogens with zero attached hydrogens (tertiary/aromatic N) is 1. The molecule has 1 unspecified atom stereocenters. The number of aryl methyl sites for hydroxylation is 1. The lowest BCUT2D eigenvalue weighted by molar-refractivity contribution is -0.116. The van der Waals surface area contributed by atoms with Crippen LogP contribution in [0.15, 0.2) is 42.5 Å². The number of hydrogen-bond acceptors (Lipinski definition) is 5. The van der Waals surface area contributed by atoms with Gasteiger partial charge in [-0.1, -0.05) is 6.07 Å². The Morgan fingerprint density at radius 2 is 2.00 bits per heavy atom. The molecule has 0 bridgehead atoms. The van der Waals surface area contributed by atoms with Crippen LogP contribution in [0.4, 0.5) is 5.69 Å². The highest BCUT2D eigenvalue weighted by Gasteiger charge is 2.29. The second-order valence-corrected chi connectivity index (χ2v) is 10.3. The lowest BCUT2D eigenvalue weighted by Crippen LogP contribution is -2.17. The summed E-state index contributed by atoms with van der Waals surface area (Å²) in [4.78, 5) is 16.8. The number of thiazole rings is 1. The Kier molecular flexibility index (Phi) is 4.74. The molecule has 2 aromatic carbocycles. The van der Waals surface area contributed by atoms with Crippen LogP contribution in [0.1, 0.15) is 18.4 Å². The van der Waals surface area contributed by atoms with Gasteiger partial charge in [0.25, 0.3) is 0 Å². The van der Waals surface area contributed by atoms with Crippen molar-refractivity contribution in [2.75, 3.05) is 16.8 Å². The fraction of sp³-hybridized carbons (Fsp3) is 0.300. The van der Waals surface area contributed by atoms with Crippen LogP contribution in [0, 0.1) is 12.8 Å². The Hall–Kier alpha value is -2.25. The van der Waals surface area contributed by atoms with E-state index in [0.717, 1.165) is 20.8 Å². The maximum Gasteiger partial charge on any atom is 0.224 e. The molecule has 27 heavy (non-hydrogen) atoms. The SMILES string of the molecule is Cc1ccc2nc(-c3ccc(NC(=O)CC4CCS(=O)(=O)C4)cc3)sc2c1. The summed E-state index contributed by atoms with van der Waals surface area (Å²) in [5.41, 5.74) is 3.92. The third kappa shape index (κ3) is 4.20. The molecule has 140 valence electrons.